The minimum Gasteiger partial charge on any atom is -0.465 e. The first-order chi connectivity index (χ1) is 19.8. The highest BCUT2D eigenvalue weighted by Crippen LogP contribution is 2.64. The number of benzene rings is 3. The molecule has 1 amide bonds. The molecule has 1 spiro atoms. The van der Waals surface area contributed by atoms with Crippen LogP contribution in [-0.4, -0.2) is 46.3 Å². The number of nitrogens with zero attached hydrogens (tertiary/aromatic N) is 3. The number of amides is 1. The predicted molar refractivity (Wildman–Crippen MR) is 153 cm³/mol. The van der Waals surface area contributed by atoms with Crippen molar-refractivity contribution in [2.24, 2.45) is 5.92 Å². The Labute approximate surface area is 245 Å². The van der Waals surface area contributed by atoms with Gasteiger partial charge in [0, 0.05) is 52.3 Å². The van der Waals surface area contributed by atoms with Crippen LogP contribution in [0.25, 0.3) is 10.9 Å². The van der Waals surface area contributed by atoms with E-state index in [9.17, 15) is 9.59 Å². The Morgan fingerprint density at radius 1 is 1.17 bits per heavy atom. The van der Waals surface area contributed by atoms with Gasteiger partial charge < -0.3 is 10.1 Å². The topological polar surface area (TPSA) is 76.5 Å². The number of anilines is 1. The normalized spacial score (nSPS) is 26.3. The van der Waals surface area contributed by atoms with E-state index in [0.717, 1.165) is 29.5 Å². The summed E-state index contributed by atoms with van der Waals surface area (Å²) in [6.45, 7) is 0.713. The van der Waals surface area contributed by atoms with Gasteiger partial charge >= 0.3 is 5.97 Å². The monoisotopic (exact) mass is 590 g/mol. The molecule has 4 aromatic rings. The van der Waals surface area contributed by atoms with E-state index in [0.29, 0.717) is 46.2 Å². The average molecular weight is 591 g/mol. The molecule has 0 bridgehead atoms. The van der Waals surface area contributed by atoms with E-state index in [1.54, 1.807) is 36.4 Å². The summed E-state index contributed by atoms with van der Waals surface area (Å²) in [4.78, 5) is 29.0. The zero-order chi connectivity index (χ0) is 28.2. The van der Waals surface area contributed by atoms with Crippen LogP contribution < -0.4 is 5.32 Å². The Balaban J connectivity index is 1.40. The molecule has 10 heteroatoms. The van der Waals surface area contributed by atoms with Crippen LogP contribution in [0.2, 0.25) is 10.0 Å². The molecule has 2 fully saturated rings. The van der Waals surface area contributed by atoms with Gasteiger partial charge in [0.1, 0.15) is 11.4 Å². The Morgan fingerprint density at radius 3 is 2.78 bits per heavy atom. The van der Waals surface area contributed by atoms with Gasteiger partial charge in [-0.1, -0.05) is 47.5 Å². The van der Waals surface area contributed by atoms with Crippen molar-refractivity contribution >= 4 is 51.7 Å². The molecule has 1 saturated carbocycles. The highest BCUT2D eigenvalue weighted by Gasteiger charge is 2.69. The molecule has 3 aliphatic heterocycles. The number of carbonyl (C=O) groups is 2. The third-order valence-electron chi connectivity index (χ3n) is 9.40. The second kappa shape index (κ2) is 8.77. The van der Waals surface area contributed by atoms with E-state index >= 15 is 4.39 Å². The number of carbonyl (C=O) groups excluding carboxylic acids is 2. The summed E-state index contributed by atoms with van der Waals surface area (Å²) >= 11 is 12.7. The highest BCUT2D eigenvalue weighted by atomic mass is 35.5. The first kappa shape index (κ1) is 25.3. The Hall–Kier alpha value is -3.46. The van der Waals surface area contributed by atoms with Crippen molar-refractivity contribution < 1.29 is 18.7 Å². The summed E-state index contributed by atoms with van der Waals surface area (Å²) in [5, 5.41) is 9.54. The van der Waals surface area contributed by atoms with E-state index < -0.39 is 23.2 Å². The fourth-order valence-corrected chi connectivity index (χ4v) is 7.95. The number of methoxy groups -OCH3 is 1. The molecule has 4 aliphatic rings. The number of ether oxygens (including phenoxy) is 1. The van der Waals surface area contributed by atoms with Gasteiger partial charge in [0.15, 0.2) is 0 Å². The molecule has 208 valence electrons. The van der Waals surface area contributed by atoms with Crippen molar-refractivity contribution in [2.45, 2.75) is 42.8 Å². The summed E-state index contributed by atoms with van der Waals surface area (Å²) in [6.07, 6.45) is 2.82. The predicted octanol–water partition coefficient (Wildman–Crippen LogP) is 6.09. The van der Waals surface area contributed by atoms with Gasteiger partial charge in [0.05, 0.1) is 29.3 Å². The molecular formula is C31H25Cl2FN4O3. The van der Waals surface area contributed by atoms with Gasteiger partial charge in [-0.05, 0) is 54.7 Å². The molecule has 3 aromatic carbocycles. The number of hydrogen-bond acceptors (Lipinski definition) is 5. The summed E-state index contributed by atoms with van der Waals surface area (Å²) < 4.78 is 23.0. The van der Waals surface area contributed by atoms with Gasteiger partial charge in [-0.2, -0.15) is 5.10 Å². The molecule has 0 unspecified atom stereocenters. The van der Waals surface area contributed by atoms with Crippen LogP contribution in [0.3, 0.4) is 0 Å². The molecule has 4 atom stereocenters. The first-order valence-electron chi connectivity index (χ1n) is 13.7. The molecule has 1 N–H and O–H groups in total. The standard InChI is InChI=1S/C31H25Cl2FN4O3/c1-41-29(39)16-7-9-18-22(11-16)36-38-24(18)13-25-28(38)26(19-3-2-4-21(33)27(19)34)31(37(25)14-15-5-6-15)20-10-8-17(32)12-23(20)35-30(31)40/h2-4,7-12,15,25-26,28H,5-6,13-14H2,1H3,(H,35,40)/t25-,26-,28+,31+/m0/s1. The van der Waals surface area contributed by atoms with Crippen molar-refractivity contribution in [2.75, 3.05) is 19.0 Å². The second-order valence-electron chi connectivity index (χ2n) is 11.5. The molecule has 0 radical (unpaired) electrons. The zero-order valence-corrected chi connectivity index (χ0v) is 23.5. The zero-order valence-electron chi connectivity index (χ0n) is 22.0. The third-order valence-corrected chi connectivity index (χ3v) is 9.93. The van der Waals surface area contributed by atoms with Crippen LogP contribution in [0.15, 0.2) is 54.6 Å². The van der Waals surface area contributed by atoms with Gasteiger partial charge in [-0.25, -0.2) is 9.18 Å². The largest absolute Gasteiger partial charge is 0.465 e. The molecule has 7 nitrogen and oxygen atoms in total. The van der Waals surface area contributed by atoms with Crippen LogP contribution in [0.1, 0.15) is 52.0 Å². The lowest BCUT2D eigenvalue weighted by Gasteiger charge is -2.40. The van der Waals surface area contributed by atoms with Gasteiger partial charge in [-0.3, -0.25) is 14.4 Å². The molecule has 1 saturated heterocycles. The van der Waals surface area contributed by atoms with Gasteiger partial charge in [-0.15, -0.1) is 0 Å². The lowest BCUT2D eigenvalue weighted by molar-refractivity contribution is -0.128. The maximum Gasteiger partial charge on any atom is 0.337 e. The lowest BCUT2D eigenvalue weighted by atomic mass is 9.73. The van der Waals surface area contributed by atoms with Crippen LogP contribution in [0, 0.1) is 11.7 Å². The number of esters is 1. The summed E-state index contributed by atoms with van der Waals surface area (Å²) in [6, 6.07) is 15.3. The van der Waals surface area contributed by atoms with Crippen LogP contribution in [0.5, 0.6) is 0 Å². The number of aromatic nitrogens is 2. The quantitative estimate of drug-likeness (QED) is 0.291. The van der Waals surface area contributed by atoms with Crippen LogP contribution >= 0.6 is 23.2 Å². The lowest BCUT2D eigenvalue weighted by Crippen LogP contribution is -2.53. The SMILES string of the molecule is COC(=O)c1ccc2c3n(nc2c1)[C@@H]1[C@H](C3)N(CC2CC2)[C@@]2(C(=O)Nc3cc(Cl)ccc32)[C@H]1c1cccc(Cl)c1F. The van der Waals surface area contributed by atoms with Crippen molar-refractivity contribution in [3.8, 4) is 0 Å². The summed E-state index contributed by atoms with van der Waals surface area (Å²) in [7, 11) is 1.35. The number of likely N-dealkylation sites (tertiary alicyclic amines) is 1. The van der Waals surface area contributed by atoms with Crippen molar-refractivity contribution in [1.29, 1.82) is 0 Å². The molecule has 41 heavy (non-hydrogen) atoms. The fourth-order valence-electron chi connectivity index (χ4n) is 7.59. The molecular weight excluding hydrogens is 566 g/mol. The van der Waals surface area contributed by atoms with Crippen LogP contribution in [0.4, 0.5) is 10.1 Å². The van der Waals surface area contributed by atoms with Gasteiger partial charge in [0.25, 0.3) is 0 Å². The summed E-state index contributed by atoms with van der Waals surface area (Å²) in [5.41, 5.74) is 2.70. The number of halogens is 3. The van der Waals surface area contributed by atoms with E-state index in [1.165, 1.54) is 13.2 Å². The molecule has 8 rings (SSSR count). The van der Waals surface area contributed by atoms with Crippen molar-refractivity contribution in [3.05, 3.63) is 92.8 Å². The van der Waals surface area contributed by atoms with E-state index in [2.05, 4.69) is 10.2 Å². The Kier molecular flexibility index (Phi) is 5.40. The third kappa shape index (κ3) is 3.38. The highest BCUT2D eigenvalue weighted by molar-refractivity contribution is 6.31. The van der Waals surface area contributed by atoms with E-state index in [4.69, 9.17) is 33.0 Å². The van der Waals surface area contributed by atoms with Crippen molar-refractivity contribution in [1.82, 2.24) is 14.7 Å². The minimum atomic E-state index is -1.18. The molecule has 4 heterocycles. The van der Waals surface area contributed by atoms with Crippen LogP contribution in [-0.2, 0) is 21.5 Å². The molecule has 1 aromatic heterocycles. The average Bonchev–Trinajstić information content (AvgIpc) is 3.41. The van der Waals surface area contributed by atoms with E-state index in [-0.39, 0.29) is 23.0 Å². The maximum absolute atomic E-state index is 16.1. The molecule has 1 aliphatic carbocycles. The minimum absolute atomic E-state index is 0.0103. The fraction of sp³-hybridized carbons (Fsp3) is 0.323. The Bertz CT molecular complexity index is 1800. The Morgan fingerprint density at radius 2 is 2.00 bits per heavy atom. The number of nitrogens with one attached hydrogen (secondary N) is 1. The smallest absolute Gasteiger partial charge is 0.337 e. The summed E-state index contributed by atoms with van der Waals surface area (Å²) in [5.74, 6) is -1.33. The second-order valence-corrected chi connectivity index (χ2v) is 12.3. The first-order valence-corrected chi connectivity index (χ1v) is 14.5. The maximum atomic E-state index is 16.1. The van der Waals surface area contributed by atoms with Crippen molar-refractivity contribution in [3.63, 3.8) is 0 Å². The number of hydrogen-bond donors (Lipinski definition) is 1. The number of rotatable bonds is 4. The number of fused-ring (bicyclic) bond motifs is 7. The van der Waals surface area contributed by atoms with Gasteiger partial charge in [0.2, 0.25) is 5.91 Å². The van der Waals surface area contributed by atoms with E-state index in [1.807, 2.05) is 16.8 Å².